The number of hydrogen-bond donors (Lipinski definition) is 2. The van der Waals surface area contributed by atoms with Crippen molar-refractivity contribution in [1.82, 2.24) is 10.4 Å². The van der Waals surface area contributed by atoms with Crippen LogP contribution < -0.4 is 5.43 Å². The fourth-order valence-electron chi connectivity index (χ4n) is 2.14. The van der Waals surface area contributed by atoms with Crippen LogP contribution >= 0.6 is 24.0 Å². The predicted molar refractivity (Wildman–Crippen MR) is 96.4 cm³/mol. The van der Waals surface area contributed by atoms with Crippen molar-refractivity contribution in [2.24, 2.45) is 0 Å². The number of thiocarbonyl (C=S) groups is 1. The summed E-state index contributed by atoms with van der Waals surface area (Å²) in [5.74, 6) is -0.0179. The lowest BCUT2D eigenvalue weighted by atomic mass is 10.2. The van der Waals surface area contributed by atoms with E-state index in [1.165, 1.54) is 16.8 Å². The molecule has 0 atom stereocenters. The number of nitrogens with one attached hydrogen (secondary N) is 1. The third kappa shape index (κ3) is 3.79. The molecule has 1 saturated heterocycles. The molecule has 2 aromatic carbocycles. The minimum absolute atomic E-state index is 0.163. The molecule has 1 fully saturated rings. The van der Waals surface area contributed by atoms with Crippen LogP contribution in [0.4, 0.5) is 0 Å². The summed E-state index contributed by atoms with van der Waals surface area (Å²) in [6.45, 7) is 0.521. The van der Waals surface area contributed by atoms with E-state index in [0.29, 0.717) is 15.8 Å². The predicted octanol–water partition coefficient (Wildman–Crippen LogP) is 3.30. The molecule has 4 nitrogen and oxygen atoms in total. The number of carbonyl (C=O) groups is 1. The molecular formula is C17H14N2O2S2. The Morgan fingerprint density at radius 1 is 1.17 bits per heavy atom. The summed E-state index contributed by atoms with van der Waals surface area (Å²) < 4.78 is 0.470. The number of thioether (sulfide) groups is 1. The number of phenols is 1. The van der Waals surface area contributed by atoms with E-state index in [9.17, 15) is 9.90 Å². The van der Waals surface area contributed by atoms with Gasteiger partial charge in [0, 0.05) is 6.54 Å². The maximum Gasteiger partial charge on any atom is 0.280 e. The molecule has 1 heterocycles. The number of rotatable bonds is 4. The van der Waals surface area contributed by atoms with Crippen molar-refractivity contribution in [1.29, 1.82) is 0 Å². The highest BCUT2D eigenvalue weighted by molar-refractivity contribution is 8.26. The van der Waals surface area contributed by atoms with Crippen LogP contribution in [-0.4, -0.2) is 20.3 Å². The van der Waals surface area contributed by atoms with Gasteiger partial charge in [-0.05, 0) is 29.3 Å². The zero-order valence-corrected chi connectivity index (χ0v) is 13.7. The second kappa shape index (κ2) is 6.95. The molecule has 23 heavy (non-hydrogen) atoms. The Bertz CT molecular complexity index is 775. The minimum Gasteiger partial charge on any atom is -0.508 e. The molecule has 0 aliphatic carbocycles. The van der Waals surface area contributed by atoms with Crippen LogP contribution in [0, 0.1) is 0 Å². The van der Waals surface area contributed by atoms with Crippen molar-refractivity contribution in [3.63, 3.8) is 0 Å². The zero-order chi connectivity index (χ0) is 16.2. The molecule has 0 saturated carbocycles. The summed E-state index contributed by atoms with van der Waals surface area (Å²) in [4.78, 5) is 13.0. The summed E-state index contributed by atoms with van der Waals surface area (Å²) >= 11 is 6.51. The minimum atomic E-state index is -0.181. The van der Waals surface area contributed by atoms with Crippen molar-refractivity contribution in [3.8, 4) is 5.75 Å². The van der Waals surface area contributed by atoms with Gasteiger partial charge in [-0.2, -0.15) is 0 Å². The lowest BCUT2D eigenvalue weighted by Gasteiger charge is -2.15. The van der Waals surface area contributed by atoms with Crippen LogP contribution in [0.2, 0.25) is 0 Å². The number of nitrogens with zero attached hydrogens (tertiary/aromatic N) is 1. The fraction of sp³-hybridized carbons (Fsp3) is 0.0588. The second-order valence-electron chi connectivity index (χ2n) is 4.93. The molecule has 6 heteroatoms. The fourth-order valence-corrected chi connectivity index (χ4v) is 3.35. The van der Waals surface area contributed by atoms with Crippen LogP contribution in [0.1, 0.15) is 11.1 Å². The molecule has 2 N–H and O–H groups in total. The van der Waals surface area contributed by atoms with E-state index in [0.717, 1.165) is 11.1 Å². The van der Waals surface area contributed by atoms with Gasteiger partial charge in [-0.3, -0.25) is 4.79 Å². The number of carbonyl (C=O) groups excluding carboxylic acids is 1. The average molecular weight is 342 g/mol. The van der Waals surface area contributed by atoms with E-state index in [-0.39, 0.29) is 11.7 Å². The molecule has 0 unspecified atom stereocenters. The van der Waals surface area contributed by atoms with Crippen LogP contribution in [0.5, 0.6) is 5.75 Å². The molecule has 3 rings (SSSR count). The third-order valence-electron chi connectivity index (χ3n) is 3.25. The van der Waals surface area contributed by atoms with Crippen molar-refractivity contribution >= 4 is 40.3 Å². The number of hydrazine groups is 1. The zero-order valence-electron chi connectivity index (χ0n) is 12.1. The van der Waals surface area contributed by atoms with Crippen molar-refractivity contribution in [3.05, 3.63) is 70.6 Å². The smallest absolute Gasteiger partial charge is 0.280 e. The molecule has 0 radical (unpaired) electrons. The van der Waals surface area contributed by atoms with Crippen LogP contribution in [0.15, 0.2) is 59.5 Å². The van der Waals surface area contributed by atoms with Gasteiger partial charge in [-0.1, -0.05) is 66.4 Å². The highest BCUT2D eigenvalue weighted by atomic mass is 32.2. The SMILES string of the molecule is O=C1/C(=C\c2cccc(O)c2)SC(=S)N1NCc1ccccc1. The van der Waals surface area contributed by atoms with E-state index >= 15 is 0 Å². The number of phenolic OH excluding ortho intramolecular Hbond substituents is 1. The highest BCUT2D eigenvalue weighted by Gasteiger charge is 2.32. The first kappa shape index (κ1) is 15.7. The van der Waals surface area contributed by atoms with E-state index in [1.54, 1.807) is 24.3 Å². The van der Waals surface area contributed by atoms with Gasteiger partial charge >= 0.3 is 0 Å². The number of hydrogen-bond acceptors (Lipinski definition) is 5. The first-order valence-corrected chi connectivity index (χ1v) is 8.20. The van der Waals surface area contributed by atoms with Gasteiger partial charge in [0.05, 0.1) is 4.91 Å². The summed E-state index contributed by atoms with van der Waals surface area (Å²) in [6, 6.07) is 16.5. The molecule has 1 amide bonds. The standard InChI is InChI=1S/C17H14N2O2S2/c20-14-8-4-7-13(9-14)10-15-16(21)19(17(22)23-15)18-11-12-5-2-1-3-6-12/h1-10,18,20H,11H2/b15-10+. The Labute approximate surface area is 143 Å². The van der Waals surface area contributed by atoms with E-state index in [4.69, 9.17) is 12.2 Å². The van der Waals surface area contributed by atoms with Crippen LogP contribution in [0.3, 0.4) is 0 Å². The maximum absolute atomic E-state index is 12.5. The molecular weight excluding hydrogens is 328 g/mol. The molecule has 0 spiro atoms. The van der Waals surface area contributed by atoms with E-state index in [1.807, 2.05) is 36.4 Å². The molecule has 0 bridgehead atoms. The quantitative estimate of drug-likeness (QED) is 0.660. The first-order valence-electron chi connectivity index (χ1n) is 6.98. The van der Waals surface area contributed by atoms with Gasteiger partial charge in [0.25, 0.3) is 5.91 Å². The largest absolute Gasteiger partial charge is 0.508 e. The Balaban J connectivity index is 1.72. The normalized spacial score (nSPS) is 16.3. The number of aromatic hydroxyl groups is 1. The lowest BCUT2D eigenvalue weighted by Crippen LogP contribution is -2.40. The topological polar surface area (TPSA) is 52.6 Å². The first-order chi connectivity index (χ1) is 11.1. The van der Waals surface area contributed by atoms with Crippen molar-refractivity contribution in [2.75, 3.05) is 0 Å². The highest BCUT2D eigenvalue weighted by Crippen LogP contribution is 2.31. The Kier molecular flexibility index (Phi) is 4.76. The van der Waals surface area contributed by atoms with Crippen molar-refractivity contribution < 1.29 is 9.90 Å². The van der Waals surface area contributed by atoms with E-state index < -0.39 is 0 Å². The summed E-state index contributed by atoms with van der Waals surface area (Å²) in [6.07, 6.45) is 1.73. The Hall–Kier alpha value is -2.15. The maximum atomic E-state index is 12.5. The van der Waals surface area contributed by atoms with Gasteiger partial charge in [0.15, 0.2) is 4.32 Å². The average Bonchev–Trinajstić information content (AvgIpc) is 2.80. The molecule has 1 aliphatic heterocycles. The monoisotopic (exact) mass is 342 g/mol. The van der Waals surface area contributed by atoms with Crippen LogP contribution in [-0.2, 0) is 11.3 Å². The van der Waals surface area contributed by atoms with Crippen LogP contribution in [0.25, 0.3) is 6.08 Å². The van der Waals surface area contributed by atoms with Gasteiger partial charge in [0.2, 0.25) is 0 Å². The lowest BCUT2D eigenvalue weighted by molar-refractivity contribution is -0.124. The molecule has 1 aliphatic rings. The number of amides is 1. The second-order valence-corrected chi connectivity index (χ2v) is 6.61. The van der Waals surface area contributed by atoms with Gasteiger partial charge in [-0.25, -0.2) is 10.4 Å². The Morgan fingerprint density at radius 3 is 2.70 bits per heavy atom. The van der Waals surface area contributed by atoms with Gasteiger partial charge in [-0.15, -0.1) is 0 Å². The third-order valence-corrected chi connectivity index (χ3v) is 4.55. The summed E-state index contributed by atoms with van der Waals surface area (Å²) in [5.41, 5.74) is 4.88. The molecule has 0 aromatic heterocycles. The van der Waals surface area contributed by atoms with E-state index in [2.05, 4.69) is 5.43 Å². The molecule has 116 valence electrons. The summed E-state index contributed by atoms with van der Waals surface area (Å²) in [5, 5.41) is 10.9. The Morgan fingerprint density at radius 2 is 1.96 bits per heavy atom. The summed E-state index contributed by atoms with van der Waals surface area (Å²) in [7, 11) is 0. The van der Waals surface area contributed by atoms with Gasteiger partial charge < -0.3 is 5.11 Å². The van der Waals surface area contributed by atoms with Crippen molar-refractivity contribution in [2.45, 2.75) is 6.54 Å². The van der Waals surface area contributed by atoms with Gasteiger partial charge in [0.1, 0.15) is 5.75 Å². The number of benzene rings is 2. The molecule has 2 aromatic rings.